The van der Waals surface area contributed by atoms with Crippen LogP contribution in [0.3, 0.4) is 0 Å². The highest BCUT2D eigenvalue weighted by Crippen LogP contribution is 2.46. The number of rotatable bonds is 4. The van der Waals surface area contributed by atoms with E-state index < -0.39 is 55.9 Å². The summed E-state index contributed by atoms with van der Waals surface area (Å²) < 4.78 is 23.8. The molecule has 0 spiro atoms. The number of hydrogen-bond acceptors (Lipinski definition) is 6. The highest BCUT2D eigenvalue weighted by molar-refractivity contribution is 7.94. The van der Waals surface area contributed by atoms with E-state index in [4.69, 9.17) is 5.73 Å². The molecule has 1 aromatic rings. The van der Waals surface area contributed by atoms with Crippen molar-refractivity contribution in [1.82, 2.24) is 10.2 Å². The zero-order valence-corrected chi connectivity index (χ0v) is 14.9. The van der Waals surface area contributed by atoms with Crippen LogP contribution in [0.25, 0.3) is 0 Å². The summed E-state index contributed by atoms with van der Waals surface area (Å²) in [7, 11) is -4.01. The maximum absolute atomic E-state index is 12.7. The Morgan fingerprint density at radius 1 is 1.27 bits per heavy atom. The van der Waals surface area contributed by atoms with E-state index >= 15 is 0 Å². The van der Waals surface area contributed by atoms with Gasteiger partial charge in [0.05, 0.1) is 0 Å². The van der Waals surface area contributed by atoms with Gasteiger partial charge in [0.25, 0.3) is 0 Å². The third kappa shape index (κ3) is 2.32. The number of sulfone groups is 1. The standard InChI is InChI=1S/C16H19N3O6S/c1-16(2)11(15(22)23)19-13(21)10(14(19)26(16,24)25)18-12(20)9(17)8-6-4-3-5-7-8/h3-7,9-11,14H,17H2,1-2H3,(H,18,20)(H,22,23)/t9-,10-,11+,14-/m1/s1. The van der Waals surface area contributed by atoms with Crippen LogP contribution in [0, 0.1) is 0 Å². The molecule has 1 aromatic carbocycles. The van der Waals surface area contributed by atoms with Crippen LogP contribution in [0.5, 0.6) is 0 Å². The van der Waals surface area contributed by atoms with Crippen molar-refractivity contribution >= 4 is 27.6 Å². The molecule has 0 aromatic heterocycles. The maximum Gasteiger partial charge on any atom is 0.328 e. The molecule has 26 heavy (non-hydrogen) atoms. The number of hydrogen-bond donors (Lipinski definition) is 3. The minimum absolute atomic E-state index is 0.506. The summed E-state index contributed by atoms with van der Waals surface area (Å²) in [5, 5.41) is 10.3. The molecule has 2 aliphatic heterocycles. The van der Waals surface area contributed by atoms with Crippen molar-refractivity contribution in [2.24, 2.45) is 5.73 Å². The molecule has 0 radical (unpaired) electrons. The predicted molar refractivity (Wildman–Crippen MR) is 90.4 cm³/mol. The zero-order chi connectivity index (χ0) is 19.4. The molecule has 0 bridgehead atoms. The SMILES string of the molecule is CC1(C)[C@H](C(=O)O)N2C(=O)[C@@H](NC(=O)[C@H](N)c3ccccc3)[C@H]2S1(=O)=O. The smallest absolute Gasteiger partial charge is 0.328 e. The molecule has 0 saturated carbocycles. The predicted octanol–water partition coefficient (Wildman–Crippen LogP) is -1.00. The Hall–Kier alpha value is -2.46. The van der Waals surface area contributed by atoms with Crippen LogP contribution in [-0.4, -0.2) is 58.4 Å². The van der Waals surface area contributed by atoms with E-state index in [1.807, 2.05) is 0 Å². The Bertz CT molecular complexity index is 883. The Labute approximate surface area is 150 Å². The molecule has 0 unspecified atom stereocenters. The molecule has 2 saturated heterocycles. The first-order valence-electron chi connectivity index (χ1n) is 7.91. The molecule has 3 rings (SSSR count). The molecule has 4 atom stereocenters. The highest BCUT2D eigenvalue weighted by Gasteiger charge is 2.72. The number of amides is 2. The normalized spacial score (nSPS) is 29.4. The van der Waals surface area contributed by atoms with Crippen molar-refractivity contribution in [1.29, 1.82) is 0 Å². The van der Waals surface area contributed by atoms with Gasteiger partial charge >= 0.3 is 5.97 Å². The first-order chi connectivity index (χ1) is 12.0. The van der Waals surface area contributed by atoms with Gasteiger partial charge in [-0.3, -0.25) is 9.59 Å². The van der Waals surface area contributed by atoms with E-state index in [-0.39, 0.29) is 0 Å². The van der Waals surface area contributed by atoms with E-state index in [1.165, 1.54) is 13.8 Å². The lowest BCUT2D eigenvalue weighted by atomic mass is 9.95. The van der Waals surface area contributed by atoms with Gasteiger partial charge in [-0.2, -0.15) is 0 Å². The molecule has 10 heteroatoms. The number of carbonyl (C=O) groups is 3. The molecule has 0 aliphatic carbocycles. The fraction of sp³-hybridized carbons (Fsp3) is 0.438. The monoisotopic (exact) mass is 381 g/mol. The Balaban J connectivity index is 1.85. The van der Waals surface area contributed by atoms with Crippen LogP contribution in [0.1, 0.15) is 25.5 Å². The summed E-state index contributed by atoms with van der Waals surface area (Å²) in [6.45, 7) is 2.53. The molecule has 9 nitrogen and oxygen atoms in total. The second-order valence-electron chi connectivity index (χ2n) is 6.90. The topological polar surface area (TPSA) is 147 Å². The van der Waals surface area contributed by atoms with E-state index in [0.717, 1.165) is 4.90 Å². The maximum atomic E-state index is 12.7. The Kier molecular flexibility index (Phi) is 4.08. The Morgan fingerprint density at radius 2 is 1.85 bits per heavy atom. The number of carboxylic acids is 1. The first-order valence-corrected chi connectivity index (χ1v) is 9.45. The van der Waals surface area contributed by atoms with E-state index in [1.54, 1.807) is 30.3 Å². The van der Waals surface area contributed by atoms with Gasteiger partial charge in [-0.1, -0.05) is 30.3 Å². The van der Waals surface area contributed by atoms with Crippen LogP contribution in [-0.2, 0) is 24.2 Å². The molecular weight excluding hydrogens is 362 g/mol. The van der Waals surface area contributed by atoms with Gasteiger partial charge in [0.1, 0.15) is 22.9 Å². The molecule has 140 valence electrons. The van der Waals surface area contributed by atoms with Gasteiger partial charge in [0.2, 0.25) is 11.8 Å². The van der Waals surface area contributed by atoms with Gasteiger partial charge < -0.3 is 21.1 Å². The number of nitrogens with one attached hydrogen (secondary N) is 1. The van der Waals surface area contributed by atoms with Crippen LogP contribution in [0.15, 0.2) is 30.3 Å². The Morgan fingerprint density at radius 3 is 2.38 bits per heavy atom. The number of nitrogens with zero attached hydrogens (tertiary/aromatic N) is 1. The summed E-state index contributed by atoms with van der Waals surface area (Å²) in [4.78, 5) is 37.0. The molecular formula is C16H19N3O6S. The first kappa shape index (κ1) is 18.3. The third-order valence-corrected chi connectivity index (χ3v) is 7.87. The van der Waals surface area contributed by atoms with Gasteiger partial charge in [0.15, 0.2) is 15.2 Å². The highest BCUT2D eigenvalue weighted by atomic mass is 32.2. The van der Waals surface area contributed by atoms with Crippen LogP contribution in [0.2, 0.25) is 0 Å². The number of aliphatic carboxylic acids is 1. The largest absolute Gasteiger partial charge is 0.480 e. The van der Waals surface area contributed by atoms with E-state index in [2.05, 4.69) is 5.32 Å². The lowest BCUT2D eigenvalue weighted by Gasteiger charge is -2.42. The second-order valence-corrected chi connectivity index (χ2v) is 9.53. The van der Waals surface area contributed by atoms with Crippen molar-refractivity contribution in [2.45, 2.75) is 42.1 Å². The average molecular weight is 381 g/mol. The van der Waals surface area contributed by atoms with Crippen LogP contribution in [0.4, 0.5) is 0 Å². The second kappa shape index (κ2) is 5.78. The van der Waals surface area contributed by atoms with Crippen molar-refractivity contribution in [3.8, 4) is 0 Å². The minimum atomic E-state index is -4.01. The number of fused-ring (bicyclic) bond motifs is 1. The van der Waals surface area contributed by atoms with Gasteiger partial charge in [0, 0.05) is 0 Å². The number of β-lactam (4-membered cyclic amide) rings is 1. The quantitative estimate of drug-likeness (QED) is 0.567. The molecule has 2 heterocycles. The van der Waals surface area contributed by atoms with Crippen molar-refractivity contribution in [3.05, 3.63) is 35.9 Å². The molecule has 2 amide bonds. The fourth-order valence-electron chi connectivity index (χ4n) is 3.50. The summed E-state index contributed by atoms with van der Waals surface area (Å²) in [5.74, 6) is -2.86. The fourth-order valence-corrected chi connectivity index (χ4v) is 5.71. The number of nitrogens with two attached hydrogens (primary N) is 1. The van der Waals surface area contributed by atoms with Gasteiger partial charge in [-0.25, -0.2) is 13.2 Å². The summed E-state index contributed by atoms with van der Waals surface area (Å²) in [5.41, 5.74) is 6.37. The third-order valence-electron chi connectivity index (χ3n) is 5.04. The van der Waals surface area contributed by atoms with E-state index in [0.29, 0.717) is 5.56 Å². The van der Waals surface area contributed by atoms with Gasteiger partial charge in [-0.15, -0.1) is 0 Å². The lowest BCUT2D eigenvalue weighted by Crippen LogP contribution is -2.72. The molecule has 2 aliphatic rings. The zero-order valence-electron chi connectivity index (χ0n) is 14.1. The number of carbonyl (C=O) groups excluding carboxylic acids is 2. The molecule has 2 fully saturated rings. The van der Waals surface area contributed by atoms with Crippen molar-refractivity contribution in [2.75, 3.05) is 0 Å². The number of carboxylic acid groups (broad SMARTS) is 1. The lowest BCUT2D eigenvalue weighted by molar-refractivity contribution is -0.161. The van der Waals surface area contributed by atoms with Crippen LogP contribution < -0.4 is 11.1 Å². The van der Waals surface area contributed by atoms with Crippen molar-refractivity contribution in [3.63, 3.8) is 0 Å². The van der Waals surface area contributed by atoms with E-state index in [9.17, 15) is 27.9 Å². The summed E-state index contributed by atoms with van der Waals surface area (Å²) in [6.07, 6.45) is 0. The van der Waals surface area contributed by atoms with Gasteiger partial charge in [-0.05, 0) is 19.4 Å². The molecule has 4 N–H and O–H groups in total. The van der Waals surface area contributed by atoms with Crippen molar-refractivity contribution < 1.29 is 27.9 Å². The number of benzene rings is 1. The summed E-state index contributed by atoms with van der Waals surface area (Å²) in [6, 6.07) is 4.49. The minimum Gasteiger partial charge on any atom is -0.480 e. The van der Waals surface area contributed by atoms with Crippen LogP contribution >= 0.6 is 0 Å². The average Bonchev–Trinajstić information content (AvgIpc) is 2.73. The summed E-state index contributed by atoms with van der Waals surface area (Å²) >= 11 is 0.